The van der Waals surface area contributed by atoms with Crippen molar-refractivity contribution in [2.24, 2.45) is 5.92 Å². The summed E-state index contributed by atoms with van der Waals surface area (Å²) in [4.78, 5) is 26.0. The molecule has 0 aliphatic carbocycles. The first-order chi connectivity index (χ1) is 12.3. The smallest absolute Gasteiger partial charge is 0.225 e. The molecular weight excluding hydrogens is 348 g/mol. The molecule has 0 fully saturated rings. The molecule has 0 unspecified atom stereocenters. The molecule has 1 aliphatic heterocycles. The van der Waals surface area contributed by atoms with Crippen molar-refractivity contribution in [1.82, 2.24) is 14.9 Å². The van der Waals surface area contributed by atoms with E-state index < -0.39 is 0 Å². The Hall–Kier alpha value is -2.66. The van der Waals surface area contributed by atoms with Gasteiger partial charge in [0, 0.05) is 56.8 Å². The lowest BCUT2D eigenvalue weighted by Crippen LogP contribution is -2.39. The van der Waals surface area contributed by atoms with Crippen LogP contribution in [-0.2, 0) is 17.8 Å². The molecule has 136 valence electrons. The van der Waals surface area contributed by atoms with Crippen LogP contribution in [0.3, 0.4) is 0 Å². The second-order valence-corrected chi connectivity index (χ2v) is 7.86. The quantitative estimate of drug-likeness (QED) is 0.890. The number of hydrogen-bond acceptors (Lipinski definition) is 7. The van der Waals surface area contributed by atoms with Crippen LogP contribution in [0.15, 0.2) is 6.20 Å². The standard InChI is InChI=1S/C18H22N6OS/c1-10(2)17(25)24-6-5-13-12(9-24)15(11(7-19)16(20)22-13)14-8-21-18(26-14)23(3)4/h8,10H,5-6,9H2,1-4H3,(H2,20,22). The number of thiazole rings is 1. The molecule has 0 radical (unpaired) electrons. The molecule has 0 atom stereocenters. The highest BCUT2D eigenvalue weighted by Gasteiger charge is 2.29. The van der Waals surface area contributed by atoms with Gasteiger partial charge >= 0.3 is 0 Å². The van der Waals surface area contributed by atoms with Crippen molar-refractivity contribution >= 4 is 28.2 Å². The molecule has 8 heteroatoms. The van der Waals surface area contributed by atoms with Gasteiger partial charge in [0.2, 0.25) is 5.91 Å². The number of nitrogen functional groups attached to an aromatic ring is 1. The molecular formula is C18H22N6OS. The monoisotopic (exact) mass is 370 g/mol. The molecule has 26 heavy (non-hydrogen) atoms. The lowest BCUT2D eigenvalue weighted by Gasteiger charge is -2.31. The van der Waals surface area contributed by atoms with Gasteiger partial charge in [0.1, 0.15) is 17.5 Å². The molecule has 2 N–H and O–H groups in total. The number of aromatic nitrogens is 2. The van der Waals surface area contributed by atoms with E-state index in [2.05, 4.69) is 16.0 Å². The second kappa shape index (κ2) is 6.92. The highest BCUT2D eigenvalue weighted by Crippen LogP contribution is 2.39. The summed E-state index contributed by atoms with van der Waals surface area (Å²) in [6, 6.07) is 2.19. The first kappa shape index (κ1) is 18.1. The van der Waals surface area contributed by atoms with Gasteiger partial charge in [0.25, 0.3) is 0 Å². The van der Waals surface area contributed by atoms with Gasteiger partial charge in [-0.3, -0.25) is 4.79 Å². The van der Waals surface area contributed by atoms with Gasteiger partial charge in [0.05, 0.1) is 10.6 Å². The van der Waals surface area contributed by atoms with Crippen molar-refractivity contribution in [3.63, 3.8) is 0 Å². The predicted octanol–water partition coefficient (Wildman–Crippen LogP) is 2.27. The SMILES string of the molecule is CC(C)C(=O)N1CCc2nc(N)c(C#N)c(-c3cnc(N(C)C)s3)c2C1. The fraction of sp³-hybridized carbons (Fsp3) is 0.444. The molecule has 0 bridgehead atoms. The highest BCUT2D eigenvalue weighted by atomic mass is 32.1. The van der Waals surface area contributed by atoms with Crippen LogP contribution in [0.5, 0.6) is 0 Å². The Morgan fingerprint density at radius 2 is 2.19 bits per heavy atom. The predicted molar refractivity (Wildman–Crippen MR) is 103 cm³/mol. The zero-order valence-corrected chi connectivity index (χ0v) is 16.2. The third kappa shape index (κ3) is 3.10. The van der Waals surface area contributed by atoms with Gasteiger partial charge < -0.3 is 15.5 Å². The van der Waals surface area contributed by atoms with Crippen LogP contribution >= 0.6 is 11.3 Å². The second-order valence-electron chi connectivity index (χ2n) is 6.85. The molecule has 1 amide bonds. The molecule has 7 nitrogen and oxygen atoms in total. The summed E-state index contributed by atoms with van der Waals surface area (Å²) in [5.41, 5.74) is 8.96. The van der Waals surface area contributed by atoms with Gasteiger partial charge in [0.15, 0.2) is 5.13 Å². The molecule has 1 aliphatic rings. The topological polar surface area (TPSA) is 99.1 Å². The number of nitriles is 1. The third-order valence-corrected chi connectivity index (χ3v) is 5.60. The Kier molecular flexibility index (Phi) is 4.83. The van der Waals surface area contributed by atoms with E-state index in [9.17, 15) is 10.1 Å². The van der Waals surface area contributed by atoms with E-state index in [1.54, 1.807) is 6.20 Å². The van der Waals surface area contributed by atoms with Crippen LogP contribution in [0.2, 0.25) is 0 Å². The average molecular weight is 370 g/mol. The number of fused-ring (bicyclic) bond motifs is 1. The Balaban J connectivity index is 2.15. The van der Waals surface area contributed by atoms with Gasteiger partial charge in [-0.15, -0.1) is 0 Å². The van der Waals surface area contributed by atoms with E-state index in [0.29, 0.717) is 25.1 Å². The molecule has 0 aromatic carbocycles. The van der Waals surface area contributed by atoms with Crippen LogP contribution < -0.4 is 10.6 Å². The number of nitrogens with zero attached hydrogens (tertiary/aromatic N) is 5. The number of carbonyl (C=O) groups excluding carboxylic acids is 1. The van der Waals surface area contributed by atoms with E-state index in [4.69, 9.17) is 5.73 Å². The van der Waals surface area contributed by atoms with Crippen molar-refractivity contribution in [3.8, 4) is 16.5 Å². The van der Waals surface area contributed by atoms with Crippen molar-refractivity contribution in [3.05, 3.63) is 23.0 Å². The minimum absolute atomic E-state index is 0.0686. The fourth-order valence-electron chi connectivity index (χ4n) is 3.11. The number of hydrogen-bond donors (Lipinski definition) is 1. The number of amides is 1. The Morgan fingerprint density at radius 1 is 1.46 bits per heavy atom. The lowest BCUT2D eigenvalue weighted by molar-refractivity contribution is -0.135. The highest BCUT2D eigenvalue weighted by molar-refractivity contribution is 7.18. The number of pyridine rings is 1. The Labute approximate surface area is 157 Å². The van der Waals surface area contributed by atoms with Gasteiger partial charge in [-0.05, 0) is 0 Å². The molecule has 2 aromatic rings. The minimum atomic E-state index is -0.0686. The summed E-state index contributed by atoms with van der Waals surface area (Å²) in [6.07, 6.45) is 2.40. The summed E-state index contributed by atoms with van der Waals surface area (Å²) in [5, 5.41) is 10.5. The zero-order valence-electron chi connectivity index (χ0n) is 15.4. The lowest BCUT2D eigenvalue weighted by atomic mass is 9.94. The van der Waals surface area contributed by atoms with Crippen molar-refractivity contribution < 1.29 is 4.79 Å². The van der Waals surface area contributed by atoms with Crippen molar-refractivity contribution in [2.45, 2.75) is 26.8 Å². The number of nitrogens with two attached hydrogens (primary N) is 1. The molecule has 0 saturated heterocycles. The maximum absolute atomic E-state index is 12.5. The third-order valence-electron chi connectivity index (χ3n) is 4.42. The number of rotatable bonds is 3. The van der Waals surface area contributed by atoms with Gasteiger partial charge in [-0.25, -0.2) is 9.97 Å². The first-order valence-corrected chi connectivity index (χ1v) is 9.28. The van der Waals surface area contributed by atoms with E-state index in [-0.39, 0.29) is 17.6 Å². The maximum atomic E-state index is 12.5. The number of carbonyl (C=O) groups is 1. The normalized spacial score (nSPS) is 13.5. The van der Waals surface area contributed by atoms with Gasteiger partial charge in [-0.2, -0.15) is 5.26 Å². The fourth-order valence-corrected chi connectivity index (χ4v) is 4.02. The van der Waals surface area contributed by atoms with Crippen LogP contribution in [0.4, 0.5) is 10.9 Å². The van der Waals surface area contributed by atoms with Crippen LogP contribution in [0.25, 0.3) is 10.4 Å². The average Bonchev–Trinajstić information content (AvgIpc) is 3.09. The van der Waals surface area contributed by atoms with Crippen molar-refractivity contribution in [1.29, 1.82) is 5.26 Å². The Morgan fingerprint density at radius 3 is 2.77 bits per heavy atom. The number of anilines is 2. The molecule has 0 spiro atoms. The molecule has 0 saturated carbocycles. The van der Waals surface area contributed by atoms with Crippen LogP contribution in [0, 0.1) is 17.2 Å². The Bertz CT molecular complexity index is 896. The van der Waals surface area contributed by atoms with E-state index in [1.807, 2.05) is 37.7 Å². The zero-order chi connectivity index (χ0) is 19.0. The summed E-state index contributed by atoms with van der Waals surface area (Å²) in [6.45, 7) is 4.85. The summed E-state index contributed by atoms with van der Waals surface area (Å²) < 4.78 is 0. The molecule has 3 heterocycles. The van der Waals surface area contributed by atoms with Crippen LogP contribution in [-0.4, -0.2) is 41.4 Å². The summed E-state index contributed by atoms with van der Waals surface area (Å²) in [7, 11) is 3.85. The van der Waals surface area contributed by atoms with Crippen LogP contribution in [0.1, 0.15) is 30.7 Å². The first-order valence-electron chi connectivity index (χ1n) is 8.47. The molecule has 2 aromatic heterocycles. The summed E-state index contributed by atoms with van der Waals surface area (Å²) >= 11 is 1.50. The maximum Gasteiger partial charge on any atom is 0.225 e. The van der Waals surface area contributed by atoms with Gasteiger partial charge in [-0.1, -0.05) is 25.2 Å². The van der Waals surface area contributed by atoms with E-state index in [1.165, 1.54) is 11.3 Å². The summed E-state index contributed by atoms with van der Waals surface area (Å²) in [5.74, 6) is 0.279. The van der Waals surface area contributed by atoms with E-state index >= 15 is 0 Å². The van der Waals surface area contributed by atoms with Crippen molar-refractivity contribution in [2.75, 3.05) is 31.3 Å². The molecule has 3 rings (SSSR count). The largest absolute Gasteiger partial charge is 0.383 e. The van der Waals surface area contributed by atoms with E-state index in [0.717, 1.165) is 26.8 Å². The minimum Gasteiger partial charge on any atom is -0.383 e.